The van der Waals surface area contributed by atoms with Gasteiger partial charge in [0.15, 0.2) is 10.7 Å². The Kier molecular flexibility index (Phi) is 5.96. The van der Waals surface area contributed by atoms with Crippen molar-refractivity contribution in [2.45, 2.75) is 6.54 Å². The third kappa shape index (κ3) is 4.98. The molecule has 0 saturated heterocycles. The molecule has 0 atom stereocenters. The minimum atomic E-state index is -0.275. The van der Waals surface area contributed by atoms with Crippen LogP contribution in [0.1, 0.15) is 11.1 Å². The van der Waals surface area contributed by atoms with Gasteiger partial charge in [0.25, 0.3) is 0 Å². The highest BCUT2D eigenvalue weighted by Crippen LogP contribution is 2.24. The lowest BCUT2D eigenvalue weighted by Gasteiger charge is -2.08. The fourth-order valence-corrected chi connectivity index (χ4v) is 3.05. The third-order valence-corrected chi connectivity index (χ3v) is 4.66. The maximum absolute atomic E-state index is 12.0. The SMILES string of the molecule is O=C(/C=C/c1ccccc1)NC(=S)NCc1ccc(-c2nc3ccccc3o2)cc1. The van der Waals surface area contributed by atoms with E-state index in [0.717, 1.165) is 27.8 Å². The van der Waals surface area contributed by atoms with Gasteiger partial charge in [-0.25, -0.2) is 4.98 Å². The summed E-state index contributed by atoms with van der Waals surface area (Å²) in [4.78, 5) is 16.5. The molecule has 2 N–H and O–H groups in total. The highest BCUT2D eigenvalue weighted by atomic mass is 32.1. The number of nitrogens with zero attached hydrogens (tertiary/aromatic N) is 1. The van der Waals surface area contributed by atoms with Crippen LogP contribution in [-0.2, 0) is 11.3 Å². The first-order valence-electron chi connectivity index (χ1n) is 9.44. The fraction of sp³-hybridized carbons (Fsp3) is 0.0417. The van der Waals surface area contributed by atoms with E-state index in [-0.39, 0.29) is 11.0 Å². The van der Waals surface area contributed by atoms with Gasteiger partial charge in [0.1, 0.15) is 5.52 Å². The number of para-hydroxylation sites is 2. The number of aromatic nitrogens is 1. The van der Waals surface area contributed by atoms with E-state index < -0.39 is 0 Å². The van der Waals surface area contributed by atoms with E-state index in [1.807, 2.05) is 78.9 Å². The van der Waals surface area contributed by atoms with Gasteiger partial charge in [-0.2, -0.15) is 0 Å². The maximum Gasteiger partial charge on any atom is 0.250 e. The lowest BCUT2D eigenvalue weighted by atomic mass is 10.1. The van der Waals surface area contributed by atoms with Gasteiger partial charge in [-0.1, -0.05) is 54.6 Å². The topological polar surface area (TPSA) is 67.2 Å². The molecule has 0 saturated carbocycles. The smallest absolute Gasteiger partial charge is 0.250 e. The summed E-state index contributed by atoms with van der Waals surface area (Å²) in [6.45, 7) is 0.495. The van der Waals surface area contributed by atoms with E-state index in [4.69, 9.17) is 16.6 Å². The molecule has 1 heterocycles. The fourth-order valence-electron chi connectivity index (χ4n) is 2.88. The third-order valence-electron chi connectivity index (χ3n) is 4.41. The number of nitrogens with one attached hydrogen (secondary N) is 2. The van der Waals surface area contributed by atoms with Crippen molar-refractivity contribution < 1.29 is 9.21 Å². The molecular formula is C24H19N3O2S. The summed E-state index contributed by atoms with van der Waals surface area (Å²) in [7, 11) is 0. The highest BCUT2D eigenvalue weighted by molar-refractivity contribution is 7.80. The molecule has 3 aromatic carbocycles. The number of amides is 1. The number of hydrogen-bond acceptors (Lipinski definition) is 4. The van der Waals surface area contributed by atoms with Crippen LogP contribution in [-0.4, -0.2) is 16.0 Å². The Bertz CT molecular complexity index is 1170. The number of oxazole rings is 1. The Morgan fingerprint density at radius 1 is 0.967 bits per heavy atom. The van der Waals surface area contributed by atoms with Crippen LogP contribution in [0.3, 0.4) is 0 Å². The van der Waals surface area contributed by atoms with Crippen LogP contribution in [0.5, 0.6) is 0 Å². The van der Waals surface area contributed by atoms with Gasteiger partial charge < -0.3 is 9.73 Å². The number of carbonyl (C=O) groups is 1. The van der Waals surface area contributed by atoms with E-state index >= 15 is 0 Å². The average Bonchev–Trinajstić information content (AvgIpc) is 3.22. The first-order chi connectivity index (χ1) is 14.7. The van der Waals surface area contributed by atoms with E-state index in [1.54, 1.807) is 6.08 Å². The number of fused-ring (bicyclic) bond motifs is 1. The standard InChI is InChI=1S/C24H19N3O2S/c28-22(15-12-17-6-2-1-3-7-17)27-24(30)25-16-18-10-13-19(14-11-18)23-26-20-8-4-5-9-21(20)29-23/h1-15H,16H2,(H2,25,27,28,30)/b15-12+. The normalized spacial score (nSPS) is 10.9. The molecule has 1 aromatic heterocycles. The Hall–Kier alpha value is -3.77. The lowest BCUT2D eigenvalue weighted by Crippen LogP contribution is -2.37. The summed E-state index contributed by atoms with van der Waals surface area (Å²) in [5.74, 6) is 0.311. The summed E-state index contributed by atoms with van der Waals surface area (Å²) < 4.78 is 5.79. The average molecular weight is 414 g/mol. The number of thiocarbonyl (C=S) groups is 1. The molecule has 5 nitrogen and oxygen atoms in total. The van der Waals surface area contributed by atoms with Gasteiger partial charge in [0.2, 0.25) is 11.8 Å². The molecule has 0 aliphatic rings. The number of rotatable bonds is 5. The second-order valence-electron chi connectivity index (χ2n) is 6.60. The van der Waals surface area contributed by atoms with Crippen LogP contribution in [0.2, 0.25) is 0 Å². The number of benzene rings is 3. The molecule has 6 heteroatoms. The van der Waals surface area contributed by atoms with Gasteiger partial charge in [-0.3, -0.25) is 10.1 Å². The van der Waals surface area contributed by atoms with Crippen molar-refractivity contribution in [1.82, 2.24) is 15.6 Å². The Labute approximate surface area is 179 Å². The highest BCUT2D eigenvalue weighted by Gasteiger charge is 2.08. The summed E-state index contributed by atoms with van der Waals surface area (Å²) >= 11 is 5.20. The van der Waals surface area contributed by atoms with E-state index in [0.29, 0.717) is 12.4 Å². The molecule has 0 radical (unpaired) electrons. The molecule has 0 bridgehead atoms. The second kappa shape index (κ2) is 9.15. The van der Waals surface area contributed by atoms with Gasteiger partial charge >= 0.3 is 0 Å². The molecule has 0 aliphatic carbocycles. The summed E-state index contributed by atoms with van der Waals surface area (Å²) in [5, 5.41) is 5.96. The number of hydrogen-bond donors (Lipinski definition) is 2. The van der Waals surface area contributed by atoms with E-state index in [1.165, 1.54) is 6.08 Å². The molecule has 1 amide bonds. The van der Waals surface area contributed by atoms with E-state index in [2.05, 4.69) is 15.6 Å². The first-order valence-corrected chi connectivity index (χ1v) is 9.85. The van der Waals surface area contributed by atoms with Crippen LogP contribution in [0.4, 0.5) is 0 Å². The van der Waals surface area contributed by atoms with Gasteiger partial charge in [0, 0.05) is 18.2 Å². The van der Waals surface area contributed by atoms with Crippen molar-refractivity contribution in [3.05, 3.63) is 96.1 Å². The summed E-state index contributed by atoms with van der Waals surface area (Å²) in [6.07, 6.45) is 3.20. The molecule has 4 rings (SSSR count). The van der Waals surface area contributed by atoms with Gasteiger partial charge in [0.05, 0.1) is 0 Å². The number of carbonyl (C=O) groups excluding carboxylic acids is 1. The minimum absolute atomic E-state index is 0.275. The monoisotopic (exact) mass is 413 g/mol. The van der Waals surface area contributed by atoms with Crippen LogP contribution in [0, 0.1) is 0 Å². The van der Waals surface area contributed by atoms with Gasteiger partial charge in [-0.05, 0) is 53.7 Å². The van der Waals surface area contributed by atoms with Crippen molar-refractivity contribution in [3.8, 4) is 11.5 Å². The summed E-state index contributed by atoms with van der Waals surface area (Å²) in [6, 6.07) is 25.1. The summed E-state index contributed by atoms with van der Waals surface area (Å²) in [5.41, 5.74) is 4.47. The minimum Gasteiger partial charge on any atom is -0.436 e. The quantitative estimate of drug-likeness (QED) is 0.367. The molecule has 0 spiro atoms. The molecule has 0 aliphatic heterocycles. The van der Waals surface area contributed by atoms with Crippen LogP contribution >= 0.6 is 12.2 Å². The van der Waals surface area contributed by atoms with Crippen molar-refractivity contribution in [3.63, 3.8) is 0 Å². The molecule has 148 valence electrons. The van der Waals surface area contributed by atoms with Crippen molar-refractivity contribution in [2.24, 2.45) is 0 Å². The Morgan fingerprint density at radius 3 is 2.47 bits per heavy atom. The van der Waals surface area contributed by atoms with Crippen LogP contribution in [0.25, 0.3) is 28.6 Å². The Balaban J connectivity index is 1.30. The molecule has 0 fully saturated rings. The van der Waals surface area contributed by atoms with Gasteiger partial charge in [-0.15, -0.1) is 0 Å². The first kappa shape index (κ1) is 19.5. The van der Waals surface area contributed by atoms with Crippen LogP contribution < -0.4 is 10.6 Å². The van der Waals surface area contributed by atoms with Crippen molar-refractivity contribution in [2.75, 3.05) is 0 Å². The molecule has 0 unspecified atom stereocenters. The maximum atomic E-state index is 12.0. The molecule has 4 aromatic rings. The molecular weight excluding hydrogens is 394 g/mol. The van der Waals surface area contributed by atoms with Crippen molar-refractivity contribution in [1.29, 1.82) is 0 Å². The zero-order valence-corrected chi connectivity index (χ0v) is 16.9. The lowest BCUT2D eigenvalue weighted by molar-refractivity contribution is -0.115. The largest absolute Gasteiger partial charge is 0.436 e. The second-order valence-corrected chi connectivity index (χ2v) is 7.01. The zero-order valence-electron chi connectivity index (χ0n) is 16.0. The predicted octanol–water partition coefficient (Wildman–Crippen LogP) is 4.70. The van der Waals surface area contributed by atoms with E-state index in [9.17, 15) is 4.79 Å². The van der Waals surface area contributed by atoms with Crippen molar-refractivity contribution >= 4 is 40.4 Å². The predicted molar refractivity (Wildman–Crippen MR) is 123 cm³/mol. The zero-order chi connectivity index (χ0) is 20.8. The Morgan fingerprint density at radius 2 is 1.70 bits per heavy atom. The molecule has 30 heavy (non-hydrogen) atoms. The van der Waals surface area contributed by atoms with Crippen LogP contribution in [0.15, 0.2) is 89.4 Å².